The molecule has 3 heteroatoms. The van der Waals surface area contributed by atoms with Crippen molar-refractivity contribution >= 4 is 16.7 Å². The van der Waals surface area contributed by atoms with Gasteiger partial charge in [0.15, 0.2) is 6.10 Å². The Bertz CT molecular complexity index is 814. The summed E-state index contributed by atoms with van der Waals surface area (Å²) in [5, 5.41) is 5.35. The number of amides is 1. The predicted molar refractivity (Wildman–Crippen MR) is 96.9 cm³/mol. The van der Waals surface area contributed by atoms with E-state index in [1.54, 1.807) is 0 Å². The van der Waals surface area contributed by atoms with Crippen LogP contribution in [0, 0.1) is 0 Å². The molecule has 1 amide bonds. The highest BCUT2D eigenvalue weighted by atomic mass is 16.5. The van der Waals surface area contributed by atoms with E-state index in [0.717, 1.165) is 5.56 Å². The van der Waals surface area contributed by atoms with Gasteiger partial charge in [-0.1, -0.05) is 61.5 Å². The number of ether oxygens (including phenoxy) is 1. The number of nitrogens with one attached hydrogen (secondary N) is 1. The number of para-hydroxylation sites is 1. The molecule has 0 fully saturated rings. The van der Waals surface area contributed by atoms with Crippen molar-refractivity contribution in [3.05, 3.63) is 78.4 Å². The molecule has 0 spiro atoms. The summed E-state index contributed by atoms with van der Waals surface area (Å²) >= 11 is 0. The van der Waals surface area contributed by atoms with Gasteiger partial charge in [-0.25, -0.2) is 0 Å². The molecule has 122 valence electrons. The number of fused-ring (bicyclic) bond motifs is 1. The summed E-state index contributed by atoms with van der Waals surface area (Å²) in [5.74, 6) is 0.625. The fraction of sp³-hybridized carbons (Fsp3) is 0.190. The lowest BCUT2D eigenvalue weighted by molar-refractivity contribution is -0.128. The number of carbonyl (C=O) groups is 1. The molecule has 0 bridgehead atoms. The number of hydrogen-bond acceptors (Lipinski definition) is 2. The Balaban J connectivity index is 1.62. The fourth-order valence-corrected chi connectivity index (χ4v) is 2.64. The highest BCUT2D eigenvalue weighted by Gasteiger charge is 2.17. The summed E-state index contributed by atoms with van der Waals surface area (Å²) in [7, 11) is 0. The molecule has 0 unspecified atom stereocenters. The van der Waals surface area contributed by atoms with Crippen LogP contribution in [0.1, 0.15) is 18.9 Å². The molecule has 24 heavy (non-hydrogen) atoms. The van der Waals surface area contributed by atoms with Crippen LogP contribution in [0.3, 0.4) is 0 Å². The lowest BCUT2D eigenvalue weighted by Gasteiger charge is -2.17. The van der Waals surface area contributed by atoms with Crippen LogP contribution in [0.15, 0.2) is 72.8 Å². The molecule has 0 aliphatic heterocycles. The topological polar surface area (TPSA) is 38.3 Å². The van der Waals surface area contributed by atoms with Crippen LogP contribution in [0.2, 0.25) is 0 Å². The lowest BCUT2D eigenvalue weighted by Crippen LogP contribution is -2.37. The Morgan fingerprint density at radius 2 is 1.67 bits per heavy atom. The summed E-state index contributed by atoms with van der Waals surface area (Å²) in [6.07, 6.45) is 0.145. The third-order valence-corrected chi connectivity index (χ3v) is 3.97. The van der Waals surface area contributed by atoms with Gasteiger partial charge in [0.2, 0.25) is 0 Å². The first-order valence-electron chi connectivity index (χ1n) is 8.23. The molecule has 3 nitrogen and oxygen atoms in total. The Morgan fingerprint density at radius 3 is 2.42 bits per heavy atom. The van der Waals surface area contributed by atoms with Crippen LogP contribution in [0.5, 0.6) is 5.75 Å². The Hall–Kier alpha value is -2.81. The number of rotatable bonds is 6. The second kappa shape index (κ2) is 7.64. The third kappa shape index (κ3) is 3.93. The smallest absolute Gasteiger partial charge is 0.261 e. The van der Waals surface area contributed by atoms with E-state index >= 15 is 0 Å². The Morgan fingerprint density at radius 1 is 0.958 bits per heavy atom. The highest BCUT2D eigenvalue weighted by Crippen LogP contribution is 2.16. The van der Waals surface area contributed by atoms with E-state index in [1.807, 2.05) is 55.5 Å². The van der Waals surface area contributed by atoms with E-state index in [-0.39, 0.29) is 5.91 Å². The molecule has 0 saturated carbocycles. The maximum absolute atomic E-state index is 12.4. The quantitative estimate of drug-likeness (QED) is 0.735. The zero-order chi connectivity index (χ0) is 16.8. The van der Waals surface area contributed by atoms with E-state index in [4.69, 9.17) is 4.74 Å². The summed E-state index contributed by atoms with van der Waals surface area (Å²) in [4.78, 5) is 12.4. The maximum atomic E-state index is 12.4. The first kappa shape index (κ1) is 16.1. The van der Waals surface area contributed by atoms with Gasteiger partial charge in [-0.3, -0.25) is 4.79 Å². The van der Waals surface area contributed by atoms with Crippen LogP contribution < -0.4 is 10.1 Å². The number of carbonyl (C=O) groups excluding carboxylic acids is 1. The van der Waals surface area contributed by atoms with Gasteiger partial charge in [-0.2, -0.15) is 0 Å². The highest BCUT2D eigenvalue weighted by molar-refractivity contribution is 5.83. The number of hydrogen-bond donors (Lipinski definition) is 1. The van der Waals surface area contributed by atoms with Gasteiger partial charge < -0.3 is 10.1 Å². The maximum Gasteiger partial charge on any atom is 0.261 e. The van der Waals surface area contributed by atoms with Gasteiger partial charge in [-0.05, 0) is 41.0 Å². The monoisotopic (exact) mass is 319 g/mol. The van der Waals surface area contributed by atoms with Crippen molar-refractivity contribution < 1.29 is 9.53 Å². The minimum Gasteiger partial charge on any atom is -0.481 e. The normalized spacial score (nSPS) is 11.9. The minimum atomic E-state index is -0.479. The van der Waals surface area contributed by atoms with Gasteiger partial charge in [0.25, 0.3) is 5.91 Å². The average Bonchev–Trinajstić information content (AvgIpc) is 2.65. The molecule has 0 aliphatic rings. The summed E-state index contributed by atoms with van der Waals surface area (Å²) in [6.45, 7) is 2.45. The Kier molecular flexibility index (Phi) is 5.12. The first-order chi connectivity index (χ1) is 11.8. The van der Waals surface area contributed by atoms with Crippen LogP contribution in [0.25, 0.3) is 10.8 Å². The summed E-state index contributed by atoms with van der Waals surface area (Å²) in [6, 6.07) is 23.9. The van der Waals surface area contributed by atoms with Crippen molar-refractivity contribution in [3.8, 4) is 5.75 Å². The van der Waals surface area contributed by atoms with Gasteiger partial charge >= 0.3 is 0 Å². The standard InChI is InChI=1S/C21H21NO2/c1-2-20(24-19-10-4-3-5-11-19)21(23)22-15-16-12-13-17-8-6-7-9-18(17)14-16/h3-14,20H,2,15H2,1H3,(H,22,23)/t20-/m1/s1. The van der Waals surface area contributed by atoms with Gasteiger partial charge in [-0.15, -0.1) is 0 Å². The zero-order valence-corrected chi connectivity index (χ0v) is 13.7. The molecular formula is C21H21NO2. The molecular weight excluding hydrogens is 298 g/mol. The molecule has 3 aromatic carbocycles. The second-order valence-electron chi connectivity index (χ2n) is 5.73. The van der Waals surface area contributed by atoms with Crippen molar-refractivity contribution in [2.45, 2.75) is 26.0 Å². The first-order valence-corrected chi connectivity index (χ1v) is 8.23. The lowest BCUT2D eigenvalue weighted by atomic mass is 10.1. The molecule has 1 N–H and O–H groups in total. The fourth-order valence-electron chi connectivity index (χ4n) is 2.64. The van der Waals surface area contributed by atoms with Gasteiger partial charge in [0.1, 0.15) is 5.75 Å². The molecule has 0 saturated heterocycles. The van der Waals surface area contributed by atoms with Crippen molar-refractivity contribution in [3.63, 3.8) is 0 Å². The van der Waals surface area contributed by atoms with Crippen LogP contribution in [-0.4, -0.2) is 12.0 Å². The van der Waals surface area contributed by atoms with Crippen molar-refractivity contribution in [1.82, 2.24) is 5.32 Å². The van der Waals surface area contributed by atoms with Crippen LogP contribution in [-0.2, 0) is 11.3 Å². The molecule has 3 aromatic rings. The molecule has 0 heterocycles. The van der Waals surface area contributed by atoms with E-state index in [1.165, 1.54) is 10.8 Å². The minimum absolute atomic E-state index is 0.0884. The van der Waals surface area contributed by atoms with Crippen LogP contribution >= 0.6 is 0 Å². The summed E-state index contributed by atoms with van der Waals surface area (Å²) in [5.41, 5.74) is 1.08. The van der Waals surface area contributed by atoms with E-state index in [9.17, 15) is 4.79 Å². The van der Waals surface area contributed by atoms with Crippen molar-refractivity contribution in [1.29, 1.82) is 0 Å². The van der Waals surface area contributed by atoms with Crippen molar-refractivity contribution in [2.75, 3.05) is 0 Å². The molecule has 1 atom stereocenters. The van der Waals surface area contributed by atoms with E-state index < -0.39 is 6.10 Å². The molecule has 0 aromatic heterocycles. The second-order valence-corrected chi connectivity index (χ2v) is 5.73. The Labute approximate surface area is 142 Å². The molecule has 3 rings (SSSR count). The predicted octanol–water partition coefficient (Wildman–Crippen LogP) is 4.31. The van der Waals surface area contributed by atoms with E-state index in [0.29, 0.717) is 18.7 Å². The zero-order valence-electron chi connectivity index (χ0n) is 13.7. The molecule has 0 radical (unpaired) electrons. The van der Waals surface area contributed by atoms with Crippen LogP contribution in [0.4, 0.5) is 0 Å². The van der Waals surface area contributed by atoms with Gasteiger partial charge in [0.05, 0.1) is 0 Å². The van der Waals surface area contributed by atoms with Crippen molar-refractivity contribution in [2.24, 2.45) is 0 Å². The molecule has 0 aliphatic carbocycles. The SMILES string of the molecule is CC[C@@H](Oc1ccccc1)C(=O)NCc1ccc2ccccc2c1. The summed E-state index contributed by atoms with van der Waals surface area (Å²) < 4.78 is 5.77. The third-order valence-electron chi connectivity index (χ3n) is 3.97. The van der Waals surface area contributed by atoms with Gasteiger partial charge in [0, 0.05) is 6.54 Å². The average molecular weight is 319 g/mol. The van der Waals surface area contributed by atoms with E-state index in [2.05, 4.69) is 29.6 Å². The largest absolute Gasteiger partial charge is 0.481 e. The number of benzene rings is 3.